The molecule has 1 amide bonds. The average molecular weight is 463 g/mol. The minimum Gasteiger partial charge on any atom is -0.408 e. The molecule has 34 heavy (non-hydrogen) atoms. The Balaban J connectivity index is 1.39. The molecule has 1 aliphatic heterocycles. The number of carbonyl (C=O) groups excluding carboxylic acids is 1. The standard InChI is InChI=1S/C26H30N4O4/c1-26(33)11-3-4-20(15-28-16-26)24(31)29-21(14-27)12-17-5-7-18(8-6-17)19-9-10-23-22(13-19)30(2)25(32)34-23/h5-10,13,20-21,28,33H,3-4,11-12,15-16H2,1-2H3,(H,29,31). The molecule has 4 rings (SSSR count). The smallest absolute Gasteiger partial charge is 0.408 e. The average Bonchev–Trinajstić information content (AvgIpc) is 3.09. The summed E-state index contributed by atoms with van der Waals surface area (Å²) in [5.41, 5.74) is 3.41. The third-order valence-corrected chi connectivity index (χ3v) is 6.53. The first-order valence-corrected chi connectivity index (χ1v) is 11.6. The van der Waals surface area contributed by atoms with Gasteiger partial charge in [-0.15, -0.1) is 0 Å². The number of nitrogens with one attached hydrogen (secondary N) is 2. The zero-order valence-electron chi connectivity index (χ0n) is 19.5. The molecule has 8 heteroatoms. The molecule has 0 bridgehead atoms. The van der Waals surface area contributed by atoms with E-state index < -0.39 is 17.4 Å². The Bertz CT molecular complexity index is 1250. The van der Waals surface area contributed by atoms with Crippen LogP contribution in [0.25, 0.3) is 22.2 Å². The Morgan fingerprint density at radius 1 is 1.32 bits per heavy atom. The van der Waals surface area contributed by atoms with Gasteiger partial charge in [-0.05, 0) is 55.0 Å². The molecule has 1 aromatic heterocycles. The lowest BCUT2D eigenvalue weighted by Gasteiger charge is -2.29. The van der Waals surface area contributed by atoms with Crippen LogP contribution in [0.3, 0.4) is 0 Å². The van der Waals surface area contributed by atoms with Crippen molar-refractivity contribution in [1.29, 1.82) is 5.26 Å². The summed E-state index contributed by atoms with van der Waals surface area (Å²) >= 11 is 0. The number of amides is 1. The van der Waals surface area contributed by atoms with Crippen LogP contribution in [0, 0.1) is 17.2 Å². The van der Waals surface area contributed by atoms with E-state index in [4.69, 9.17) is 4.42 Å². The van der Waals surface area contributed by atoms with Gasteiger partial charge in [0.15, 0.2) is 5.58 Å². The number of hydrogen-bond acceptors (Lipinski definition) is 6. The van der Waals surface area contributed by atoms with Crippen LogP contribution >= 0.6 is 0 Å². The molecule has 3 atom stereocenters. The third kappa shape index (κ3) is 5.38. The van der Waals surface area contributed by atoms with Crippen molar-refractivity contribution in [3.63, 3.8) is 0 Å². The molecule has 8 nitrogen and oxygen atoms in total. The Morgan fingerprint density at radius 3 is 2.79 bits per heavy atom. The maximum Gasteiger partial charge on any atom is 0.419 e. The lowest BCUT2D eigenvalue weighted by atomic mass is 9.91. The third-order valence-electron chi connectivity index (χ3n) is 6.53. The summed E-state index contributed by atoms with van der Waals surface area (Å²) in [4.78, 5) is 24.5. The van der Waals surface area contributed by atoms with Crippen LogP contribution in [0.2, 0.25) is 0 Å². The van der Waals surface area contributed by atoms with Crippen molar-refractivity contribution in [3.05, 3.63) is 58.6 Å². The van der Waals surface area contributed by atoms with Crippen LogP contribution in [-0.2, 0) is 18.3 Å². The van der Waals surface area contributed by atoms with Gasteiger partial charge in [-0.1, -0.05) is 30.3 Å². The van der Waals surface area contributed by atoms with Crippen molar-refractivity contribution in [2.24, 2.45) is 13.0 Å². The Morgan fingerprint density at radius 2 is 2.06 bits per heavy atom. The summed E-state index contributed by atoms with van der Waals surface area (Å²) in [6.07, 6.45) is 2.49. The number of benzene rings is 2. The van der Waals surface area contributed by atoms with Crippen molar-refractivity contribution in [2.75, 3.05) is 13.1 Å². The number of carbonyl (C=O) groups is 1. The fourth-order valence-corrected chi connectivity index (χ4v) is 4.45. The second kappa shape index (κ2) is 9.84. The largest absolute Gasteiger partial charge is 0.419 e. The molecule has 178 valence electrons. The zero-order valence-corrected chi connectivity index (χ0v) is 19.5. The number of aromatic nitrogens is 1. The second-order valence-electron chi connectivity index (χ2n) is 9.42. The van der Waals surface area contributed by atoms with Crippen LogP contribution in [0.4, 0.5) is 0 Å². The van der Waals surface area contributed by atoms with Crippen LogP contribution in [0.15, 0.2) is 51.7 Å². The first-order valence-electron chi connectivity index (χ1n) is 11.6. The Hall–Kier alpha value is -3.41. The summed E-state index contributed by atoms with van der Waals surface area (Å²) in [6, 6.07) is 15.0. The predicted molar refractivity (Wildman–Crippen MR) is 129 cm³/mol. The maximum atomic E-state index is 12.8. The molecule has 0 aliphatic carbocycles. The minimum atomic E-state index is -0.746. The highest BCUT2D eigenvalue weighted by molar-refractivity contribution is 5.81. The lowest BCUT2D eigenvalue weighted by molar-refractivity contribution is -0.126. The lowest BCUT2D eigenvalue weighted by Crippen LogP contribution is -2.47. The molecular weight excluding hydrogens is 432 g/mol. The van der Waals surface area contributed by atoms with Crippen LogP contribution < -0.4 is 16.4 Å². The number of fused-ring (bicyclic) bond motifs is 1. The van der Waals surface area contributed by atoms with E-state index in [1.165, 1.54) is 4.57 Å². The van der Waals surface area contributed by atoms with Crippen molar-refractivity contribution >= 4 is 17.0 Å². The second-order valence-corrected chi connectivity index (χ2v) is 9.42. The van der Waals surface area contributed by atoms with E-state index >= 15 is 0 Å². The van der Waals surface area contributed by atoms with Crippen molar-refractivity contribution in [1.82, 2.24) is 15.2 Å². The summed E-state index contributed by atoms with van der Waals surface area (Å²) in [7, 11) is 1.67. The summed E-state index contributed by atoms with van der Waals surface area (Å²) in [6.45, 7) is 2.74. The Kier molecular flexibility index (Phi) is 6.87. The first kappa shape index (κ1) is 23.7. The van der Waals surface area contributed by atoms with Gasteiger partial charge >= 0.3 is 5.76 Å². The SMILES string of the molecule is Cn1c(=O)oc2ccc(-c3ccc(CC(C#N)NC(=O)C4CCCC(C)(O)CNC4)cc3)cc21. The summed E-state index contributed by atoms with van der Waals surface area (Å²) in [5, 5.41) is 25.8. The number of hydrogen-bond donors (Lipinski definition) is 3. The van der Waals surface area contributed by atoms with Gasteiger partial charge in [0.25, 0.3) is 0 Å². The Labute approximate surface area is 198 Å². The fourth-order valence-electron chi connectivity index (χ4n) is 4.45. The highest BCUT2D eigenvalue weighted by Gasteiger charge is 2.27. The molecular formula is C26H30N4O4. The van der Waals surface area contributed by atoms with Gasteiger partial charge in [-0.25, -0.2) is 4.79 Å². The first-order chi connectivity index (χ1) is 16.3. The molecule has 1 fully saturated rings. The number of nitriles is 1. The molecule has 2 aromatic carbocycles. The molecule has 0 radical (unpaired) electrons. The van der Waals surface area contributed by atoms with Gasteiger partial charge in [-0.2, -0.15) is 5.26 Å². The highest BCUT2D eigenvalue weighted by Crippen LogP contribution is 2.25. The zero-order chi connectivity index (χ0) is 24.3. The molecule has 3 aromatic rings. The van der Waals surface area contributed by atoms with Crippen molar-refractivity contribution in [3.8, 4) is 17.2 Å². The quantitative estimate of drug-likeness (QED) is 0.536. The fraction of sp³-hybridized carbons (Fsp3) is 0.423. The molecule has 0 saturated carbocycles. The van der Waals surface area contributed by atoms with E-state index in [2.05, 4.69) is 16.7 Å². The van der Waals surface area contributed by atoms with Crippen LogP contribution in [0.5, 0.6) is 0 Å². The number of oxazole rings is 1. The van der Waals surface area contributed by atoms with Gasteiger partial charge < -0.3 is 20.2 Å². The predicted octanol–water partition coefficient (Wildman–Crippen LogP) is 2.49. The monoisotopic (exact) mass is 462 g/mol. The van der Waals surface area contributed by atoms with Gasteiger partial charge in [0.2, 0.25) is 5.91 Å². The molecule has 1 aliphatic rings. The van der Waals surface area contributed by atoms with E-state index in [9.17, 15) is 20.0 Å². The van der Waals surface area contributed by atoms with E-state index in [0.717, 1.165) is 28.6 Å². The van der Waals surface area contributed by atoms with Gasteiger partial charge in [0, 0.05) is 26.6 Å². The number of aryl methyl sites for hydroxylation is 1. The van der Waals surface area contributed by atoms with E-state index in [1.807, 2.05) is 36.4 Å². The number of nitrogens with zero attached hydrogens (tertiary/aromatic N) is 2. The van der Waals surface area contributed by atoms with E-state index in [0.29, 0.717) is 37.9 Å². The van der Waals surface area contributed by atoms with E-state index in [-0.39, 0.29) is 11.8 Å². The number of aliphatic hydroxyl groups is 1. The van der Waals surface area contributed by atoms with E-state index in [1.54, 1.807) is 20.0 Å². The van der Waals surface area contributed by atoms with Crippen LogP contribution in [-0.4, -0.2) is 40.3 Å². The van der Waals surface area contributed by atoms with Crippen molar-refractivity contribution < 1.29 is 14.3 Å². The van der Waals surface area contributed by atoms with Crippen molar-refractivity contribution in [2.45, 2.75) is 44.2 Å². The molecule has 3 unspecified atom stereocenters. The molecule has 3 N–H and O–H groups in total. The normalized spacial score (nSPS) is 21.9. The van der Waals surface area contributed by atoms with Crippen LogP contribution in [0.1, 0.15) is 31.7 Å². The number of rotatable bonds is 5. The van der Waals surface area contributed by atoms with Gasteiger partial charge in [0.1, 0.15) is 6.04 Å². The highest BCUT2D eigenvalue weighted by atomic mass is 16.4. The molecule has 1 saturated heterocycles. The summed E-state index contributed by atoms with van der Waals surface area (Å²) < 4.78 is 6.66. The maximum absolute atomic E-state index is 12.8. The number of β-amino-alcohol motifs (C(OH)–C–C–N with tert-alkyl or cyclic N) is 1. The minimum absolute atomic E-state index is 0.128. The van der Waals surface area contributed by atoms with Gasteiger partial charge in [0.05, 0.1) is 23.1 Å². The topological polar surface area (TPSA) is 120 Å². The molecule has 0 spiro atoms. The van der Waals surface area contributed by atoms with Gasteiger partial charge in [-0.3, -0.25) is 9.36 Å². The molecule has 2 heterocycles. The summed E-state index contributed by atoms with van der Waals surface area (Å²) in [5.74, 6) is -0.742.